The van der Waals surface area contributed by atoms with Crippen LogP contribution in [0.1, 0.15) is 24.0 Å². The zero-order valence-corrected chi connectivity index (χ0v) is 20.6. The van der Waals surface area contributed by atoms with E-state index < -0.39 is 0 Å². The number of rotatable bonds is 5. The molecule has 3 aromatic rings. The minimum absolute atomic E-state index is 0.0154. The first-order chi connectivity index (χ1) is 17.0. The molecule has 0 aliphatic carbocycles. The molecule has 1 atom stereocenters. The molecule has 2 aromatic carbocycles. The summed E-state index contributed by atoms with van der Waals surface area (Å²) in [4.78, 5) is 19.8. The minimum atomic E-state index is -0.365. The Morgan fingerprint density at radius 2 is 1.86 bits per heavy atom. The maximum atomic E-state index is 13.1. The second-order valence-electron chi connectivity index (χ2n) is 8.83. The van der Waals surface area contributed by atoms with E-state index in [1.54, 1.807) is 21.3 Å². The van der Waals surface area contributed by atoms with E-state index in [2.05, 4.69) is 0 Å². The molecule has 0 unspecified atom stereocenters. The fraction of sp³-hybridized carbons (Fsp3) is 0.407. The first-order valence-electron chi connectivity index (χ1n) is 11.8. The Kier molecular flexibility index (Phi) is 6.38. The van der Waals surface area contributed by atoms with Gasteiger partial charge in [0, 0.05) is 35.7 Å². The molecule has 5 rings (SSSR count). The molecule has 8 nitrogen and oxygen atoms in total. The molecule has 0 N–H and O–H groups in total. The van der Waals surface area contributed by atoms with Crippen LogP contribution in [0.2, 0.25) is 0 Å². The number of benzene rings is 2. The van der Waals surface area contributed by atoms with E-state index in [9.17, 15) is 4.79 Å². The Morgan fingerprint density at radius 1 is 1.03 bits per heavy atom. The van der Waals surface area contributed by atoms with Crippen LogP contribution < -0.4 is 18.9 Å². The third-order valence-corrected chi connectivity index (χ3v) is 6.65. The van der Waals surface area contributed by atoms with Crippen LogP contribution in [-0.4, -0.2) is 63.0 Å². The van der Waals surface area contributed by atoms with E-state index in [1.165, 1.54) is 0 Å². The largest absolute Gasteiger partial charge is 0.497 e. The molecule has 35 heavy (non-hydrogen) atoms. The summed E-state index contributed by atoms with van der Waals surface area (Å²) in [6, 6.07) is 9.79. The van der Waals surface area contributed by atoms with Gasteiger partial charge >= 0.3 is 0 Å². The minimum Gasteiger partial charge on any atom is -0.497 e. The Morgan fingerprint density at radius 3 is 2.57 bits per heavy atom. The average molecular weight is 479 g/mol. The third-order valence-electron chi connectivity index (χ3n) is 6.65. The normalized spacial score (nSPS) is 17.5. The summed E-state index contributed by atoms with van der Waals surface area (Å²) < 4.78 is 28.4. The zero-order chi connectivity index (χ0) is 24.5. The van der Waals surface area contributed by atoms with E-state index in [0.717, 1.165) is 46.1 Å². The highest BCUT2D eigenvalue weighted by atomic mass is 16.5. The van der Waals surface area contributed by atoms with Crippen molar-refractivity contribution < 1.29 is 28.5 Å². The fourth-order valence-electron chi connectivity index (χ4n) is 4.80. The SMILES string of the molecule is COc1cc(OC)c2nc(-c3cc4c(c(OC)c3)OCCN(C(=O)[C@@H]3CCCO3)C4)cc(C)c2c1. The summed E-state index contributed by atoms with van der Waals surface area (Å²) in [5, 5.41) is 0.961. The summed E-state index contributed by atoms with van der Waals surface area (Å²) in [5.41, 5.74) is 4.33. The Hall–Kier alpha value is -3.52. The van der Waals surface area contributed by atoms with Crippen LogP contribution in [0.25, 0.3) is 22.2 Å². The maximum absolute atomic E-state index is 13.1. The lowest BCUT2D eigenvalue weighted by Crippen LogP contribution is -2.39. The number of carbonyl (C=O) groups is 1. The monoisotopic (exact) mass is 478 g/mol. The lowest BCUT2D eigenvalue weighted by atomic mass is 10.0. The standard InChI is InChI=1S/C27H30N2O6/c1-16-10-21(28-25-20(16)13-19(31-2)14-23(25)32-3)17-11-18-15-29(27(30)22-6-5-8-34-22)7-9-35-26(18)24(12-17)33-4/h10-14,22H,5-9,15H2,1-4H3/t22-/m0/s1. The van der Waals surface area contributed by atoms with Crippen LogP contribution in [0.3, 0.4) is 0 Å². The molecule has 0 radical (unpaired) electrons. The predicted octanol–water partition coefficient (Wildman–Crippen LogP) is 4.14. The number of methoxy groups -OCH3 is 3. The third kappa shape index (κ3) is 4.34. The molecule has 1 fully saturated rings. The van der Waals surface area contributed by atoms with Crippen molar-refractivity contribution in [1.82, 2.24) is 9.88 Å². The van der Waals surface area contributed by atoms with Crippen LogP contribution in [0, 0.1) is 6.92 Å². The highest BCUT2D eigenvalue weighted by Gasteiger charge is 2.31. The molecule has 0 saturated carbocycles. The number of amides is 1. The molecule has 1 aromatic heterocycles. The Labute approximate surface area is 204 Å². The molecule has 8 heteroatoms. The predicted molar refractivity (Wildman–Crippen MR) is 131 cm³/mol. The van der Waals surface area contributed by atoms with Crippen molar-refractivity contribution in [2.45, 2.75) is 32.4 Å². The first-order valence-corrected chi connectivity index (χ1v) is 11.8. The lowest BCUT2D eigenvalue weighted by molar-refractivity contribution is -0.141. The van der Waals surface area contributed by atoms with Gasteiger partial charge in [-0.25, -0.2) is 4.98 Å². The van der Waals surface area contributed by atoms with Gasteiger partial charge in [0.25, 0.3) is 5.91 Å². The molecule has 1 saturated heterocycles. The smallest absolute Gasteiger partial charge is 0.252 e. The molecule has 3 heterocycles. The summed E-state index contributed by atoms with van der Waals surface area (Å²) in [7, 11) is 4.88. The van der Waals surface area contributed by atoms with Crippen molar-refractivity contribution in [3.63, 3.8) is 0 Å². The summed E-state index contributed by atoms with van der Waals surface area (Å²) in [6.45, 7) is 3.99. The molecule has 0 bridgehead atoms. The van der Waals surface area contributed by atoms with E-state index in [0.29, 0.717) is 49.3 Å². The number of aryl methyl sites for hydroxylation is 1. The second-order valence-corrected chi connectivity index (χ2v) is 8.83. The van der Waals surface area contributed by atoms with E-state index in [-0.39, 0.29) is 12.0 Å². The summed E-state index contributed by atoms with van der Waals surface area (Å²) in [5.74, 6) is 2.65. The molecule has 0 spiro atoms. The van der Waals surface area contributed by atoms with E-state index >= 15 is 0 Å². The number of ether oxygens (including phenoxy) is 5. The van der Waals surface area contributed by atoms with Gasteiger partial charge in [0.2, 0.25) is 0 Å². The number of nitrogens with zero attached hydrogens (tertiary/aromatic N) is 2. The highest BCUT2D eigenvalue weighted by Crippen LogP contribution is 2.40. The Bertz CT molecular complexity index is 1270. The molecule has 184 valence electrons. The van der Waals surface area contributed by atoms with Crippen molar-refractivity contribution in [3.8, 4) is 34.3 Å². The van der Waals surface area contributed by atoms with E-state index in [1.807, 2.05) is 42.2 Å². The van der Waals surface area contributed by atoms with Crippen LogP contribution in [0.4, 0.5) is 0 Å². The number of hydrogen-bond acceptors (Lipinski definition) is 7. The number of pyridine rings is 1. The lowest BCUT2D eigenvalue weighted by Gasteiger charge is -2.23. The zero-order valence-electron chi connectivity index (χ0n) is 20.6. The average Bonchev–Trinajstić information content (AvgIpc) is 3.33. The van der Waals surface area contributed by atoms with Crippen molar-refractivity contribution in [2.24, 2.45) is 0 Å². The van der Waals surface area contributed by atoms with Gasteiger partial charge in [0.05, 0.1) is 33.6 Å². The van der Waals surface area contributed by atoms with Gasteiger partial charge in [-0.05, 0) is 49.6 Å². The van der Waals surface area contributed by atoms with E-state index in [4.69, 9.17) is 28.7 Å². The topological polar surface area (TPSA) is 79.4 Å². The molecular formula is C27H30N2O6. The van der Waals surface area contributed by atoms with Crippen molar-refractivity contribution >= 4 is 16.8 Å². The molecule has 2 aliphatic heterocycles. The number of hydrogen-bond donors (Lipinski definition) is 0. The molecular weight excluding hydrogens is 448 g/mol. The second kappa shape index (κ2) is 9.62. The van der Waals surface area contributed by atoms with Gasteiger partial charge in [0.1, 0.15) is 29.7 Å². The molecule has 1 amide bonds. The summed E-state index contributed by atoms with van der Waals surface area (Å²) >= 11 is 0. The molecule has 2 aliphatic rings. The van der Waals surface area contributed by atoms with Crippen molar-refractivity contribution in [3.05, 3.63) is 41.5 Å². The quantitative estimate of drug-likeness (QED) is 0.545. The first kappa shape index (κ1) is 23.2. The van der Waals surface area contributed by atoms with Crippen molar-refractivity contribution in [2.75, 3.05) is 41.1 Å². The Balaban J connectivity index is 1.58. The fourth-order valence-corrected chi connectivity index (χ4v) is 4.80. The summed E-state index contributed by atoms with van der Waals surface area (Å²) in [6.07, 6.45) is 1.31. The van der Waals surface area contributed by atoms with Gasteiger partial charge in [-0.2, -0.15) is 0 Å². The number of carbonyl (C=O) groups excluding carboxylic acids is 1. The van der Waals surface area contributed by atoms with Gasteiger partial charge in [-0.1, -0.05) is 0 Å². The van der Waals surface area contributed by atoms with Gasteiger partial charge in [-0.3, -0.25) is 4.79 Å². The van der Waals surface area contributed by atoms with Gasteiger partial charge in [-0.15, -0.1) is 0 Å². The van der Waals surface area contributed by atoms with Crippen molar-refractivity contribution in [1.29, 1.82) is 0 Å². The number of aromatic nitrogens is 1. The maximum Gasteiger partial charge on any atom is 0.252 e. The van der Waals surface area contributed by atoms with Gasteiger partial charge < -0.3 is 28.6 Å². The highest BCUT2D eigenvalue weighted by molar-refractivity contribution is 5.91. The van der Waals surface area contributed by atoms with Crippen LogP contribution >= 0.6 is 0 Å². The van der Waals surface area contributed by atoms with Gasteiger partial charge in [0.15, 0.2) is 11.5 Å². The van der Waals surface area contributed by atoms with Crippen LogP contribution in [0.5, 0.6) is 23.0 Å². The van der Waals surface area contributed by atoms with Crippen LogP contribution in [-0.2, 0) is 16.1 Å². The van der Waals surface area contributed by atoms with Crippen LogP contribution in [0.15, 0.2) is 30.3 Å². The number of fused-ring (bicyclic) bond motifs is 2.